The summed E-state index contributed by atoms with van der Waals surface area (Å²) in [7, 11) is 0. The van der Waals surface area contributed by atoms with Crippen molar-refractivity contribution in [3.8, 4) is 0 Å². The summed E-state index contributed by atoms with van der Waals surface area (Å²) >= 11 is 2.58. The molecule has 0 aliphatic heterocycles. The van der Waals surface area contributed by atoms with Crippen LogP contribution in [0.5, 0.6) is 0 Å². The van der Waals surface area contributed by atoms with Crippen molar-refractivity contribution < 1.29 is 9.85 Å². The first-order chi connectivity index (χ1) is 7.52. The zero-order chi connectivity index (χ0) is 12.1. The fourth-order valence-corrected chi connectivity index (χ4v) is 0.963. The molecule has 0 saturated heterocycles. The molecule has 1 aromatic rings. The van der Waals surface area contributed by atoms with Crippen LogP contribution in [0, 0.1) is 20.2 Å². The van der Waals surface area contributed by atoms with Crippen LogP contribution >= 0.6 is 15.9 Å². The normalized spacial score (nSPS) is 10.9. The Kier molecular flexibility index (Phi) is 3.89. The molecular weight excluding hydrogens is 284 g/mol. The van der Waals surface area contributed by atoms with Gasteiger partial charge >= 0.3 is 4.74 Å². The molecule has 0 saturated carbocycles. The van der Waals surface area contributed by atoms with Gasteiger partial charge in [-0.15, -0.1) is 0 Å². The summed E-state index contributed by atoms with van der Waals surface area (Å²) in [5.41, 5.74) is 2.10. The number of rotatable bonds is 3. The van der Waals surface area contributed by atoms with Crippen LogP contribution in [-0.4, -0.2) is 14.6 Å². The summed E-state index contributed by atoms with van der Waals surface area (Å²) in [5, 5.41) is 24.1. The molecule has 0 heterocycles. The monoisotopic (exact) mass is 288 g/mol. The molecule has 1 aromatic carbocycles. The average molecular weight is 289 g/mol. The minimum Gasteiger partial charge on any atom is -0.357 e. The maximum absolute atomic E-state index is 10.6. The molecular formula is C7H5BrN4O4. The van der Waals surface area contributed by atoms with E-state index in [-0.39, 0.29) is 11.4 Å². The minimum absolute atomic E-state index is 0.0753. The predicted molar refractivity (Wildman–Crippen MR) is 60.1 cm³/mol. The molecule has 8 nitrogen and oxygen atoms in total. The van der Waals surface area contributed by atoms with E-state index >= 15 is 0 Å². The quantitative estimate of drug-likeness (QED) is 0.300. The number of nitrogens with zero attached hydrogens (tertiary/aromatic N) is 3. The standard InChI is InChI=1S/C7H5BrN4O4/c8-7(12(15)16)10-9-5-3-1-2-4-6(5)11(13)14/h1-4,9H/b10-7+. The molecule has 0 aliphatic rings. The van der Waals surface area contributed by atoms with Gasteiger partial charge in [-0.1, -0.05) is 12.1 Å². The van der Waals surface area contributed by atoms with Gasteiger partial charge in [0.05, 0.1) is 26.0 Å². The third kappa shape index (κ3) is 2.98. The lowest BCUT2D eigenvalue weighted by Crippen LogP contribution is -2.06. The second-order valence-electron chi connectivity index (χ2n) is 2.52. The van der Waals surface area contributed by atoms with Crippen LogP contribution < -0.4 is 5.43 Å². The van der Waals surface area contributed by atoms with Crippen molar-refractivity contribution in [2.24, 2.45) is 5.10 Å². The summed E-state index contributed by atoms with van der Waals surface area (Å²) in [6.45, 7) is 0. The zero-order valence-electron chi connectivity index (χ0n) is 7.66. The molecule has 0 fully saturated rings. The number of nitro benzene ring substituents is 1. The Morgan fingerprint density at radius 2 is 1.94 bits per heavy atom. The first kappa shape index (κ1) is 12.0. The molecule has 0 aromatic heterocycles. The number of anilines is 1. The van der Waals surface area contributed by atoms with E-state index in [0.29, 0.717) is 0 Å². The molecule has 16 heavy (non-hydrogen) atoms. The second-order valence-corrected chi connectivity index (χ2v) is 3.23. The molecule has 84 valence electrons. The number of halogens is 1. The van der Waals surface area contributed by atoms with E-state index in [0.717, 1.165) is 0 Å². The van der Waals surface area contributed by atoms with E-state index < -0.39 is 14.6 Å². The lowest BCUT2D eigenvalue weighted by molar-refractivity contribution is -0.384. The minimum atomic E-state index is -0.776. The zero-order valence-corrected chi connectivity index (χ0v) is 9.25. The van der Waals surface area contributed by atoms with E-state index in [4.69, 9.17) is 0 Å². The summed E-state index contributed by atoms with van der Waals surface area (Å²) in [5.74, 6) is 0. The summed E-state index contributed by atoms with van der Waals surface area (Å²) in [6.07, 6.45) is 0. The highest BCUT2D eigenvalue weighted by Crippen LogP contribution is 2.23. The molecule has 0 spiro atoms. The fourth-order valence-electron chi connectivity index (χ4n) is 0.875. The van der Waals surface area contributed by atoms with Gasteiger partial charge in [0.2, 0.25) is 0 Å². The smallest absolute Gasteiger partial charge is 0.357 e. The van der Waals surface area contributed by atoms with Gasteiger partial charge in [0.1, 0.15) is 0 Å². The summed E-state index contributed by atoms with van der Waals surface area (Å²) in [6, 6.07) is 5.68. The lowest BCUT2D eigenvalue weighted by Gasteiger charge is -1.97. The maximum Gasteiger partial charge on any atom is 0.430 e. The Hall–Kier alpha value is -2.03. The third-order valence-corrected chi connectivity index (χ3v) is 1.99. The number of amidine groups is 1. The van der Waals surface area contributed by atoms with Crippen LogP contribution in [0.1, 0.15) is 0 Å². The number of hydrogen-bond donors (Lipinski definition) is 1. The second kappa shape index (κ2) is 5.16. The third-order valence-electron chi connectivity index (χ3n) is 1.52. The van der Waals surface area contributed by atoms with Crippen molar-refractivity contribution in [1.82, 2.24) is 0 Å². The summed E-state index contributed by atoms with van der Waals surface area (Å²) in [4.78, 5) is 19.4. The van der Waals surface area contributed by atoms with Crippen molar-refractivity contribution >= 4 is 32.0 Å². The van der Waals surface area contributed by atoms with Crippen LogP contribution in [-0.2, 0) is 0 Å². The van der Waals surface area contributed by atoms with Gasteiger partial charge in [-0.05, 0) is 11.0 Å². The van der Waals surface area contributed by atoms with Crippen molar-refractivity contribution in [3.63, 3.8) is 0 Å². The lowest BCUT2D eigenvalue weighted by atomic mass is 10.3. The Labute approximate surface area is 97.4 Å². The van der Waals surface area contributed by atoms with Crippen molar-refractivity contribution in [2.75, 3.05) is 5.43 Å². The first-order valence-corrected chi connectivity index (χ1v) is 4.68. The van der Waals surface area contributed by atoms with Crippen LogP contribution in [0.2, 0.25) is 0 Å². The van der Waals surface area contributed by atoms with Crippen molar-refractivity contribution in [2.45, 2.75) is 0 Å². The van der Waals surface area contributed by atoms with E-state index in [1.807, 2.05) is 0 Å². The molecule has 0 aliphatic carbocycles. The molecule has 9 heteroatoms. The first-order valence-electron chi connectivity index (χ1n) is 3.89. The number of benzene rings is 1. The van der Waals surface area contributed by atoms with Gasteiger partial charge in [0.25, 0.3) is 5.69 Å². The van der Waals surface area contributed by atoms with Gasteiger partial charge in [0.15, 0.2) is 5.69 Å². The summed E-state index contributed by atoms with van der Waals surface area (Å²) < 4.78 is -0.564. The molecule has 0 amide bonds. The Morgan fingerprint density at radius 1 is 1.31 bits per heavy atom. The van der Waals surface area contributed by atoms with Crippen LogP contribution in [0.3, 0.4) is 0 Å². The predicted octanol–water partition coefficient (Wildman–Crippen LogP) is 1.95. The highest BCUT2D eigenvalue weighted by Gasteiger charge is 2.14. The van der Waals surface area contributed by atoms with Gasteiger partial charge < -0.3 is 10.1 Å². The Bertz CT molecular complexity index is 461. The van der Waals surface area contributed by atoms with Crippen molar-refractivity contribution in [1.29, 1.82) is 0 Å². The highest BCUT2D eigenvalue weighted by molar-refractivity contribution is 9.18. The number of hydrazone groups is 1. The Balaban J connectivity index is 2.94. The van der Waals surface area contributed by atoms with Crippen LogP contribution in [0.15, 0.2) is 29.4 Å². The van der Waals surface area contributed by atoms with E-state index in [2.05, 4.69) is 26.5 Å². The number of hydrogen-bond acceptors (Lipinski definition) is 6. The average Bonchev–Trinajstić information content (AvgIpc) is 2.25. The van der Waals surface area contributed by atoms with E-state index in [1.54, 1.807) is 6.07 Å². The Morgan fingerprint density at radius 3 is 2.50 bits per heavy atom. The SMILES string of the molecule is O=[N+]([O-])/C(Br)=N/Nc1ccccc1[N+](=O)[O-]. The molecule has 0 radical (unpaired) electrons. The highest BCUT2D eigenvalue weighted by atomic mass is 79.9. The van der Waals surface area contributed by atoms with E-state index in [9.17, 15) is 20.2 Å². The van der Waals surface area contributed by atoms with Crippen LogP contribution in [0.4, 0.5) is 11.4 Å². The largest absolute Gasteiger partial charge is 0.430 e. The number of nitrogens with one attached hydrogen (secondary N) is 1. The molecule has 1 N–H and O–H groups in total. The molecule has 1 rings (SSSR count). The van der Waals surface area contributed by atoms with Gasteiger partial charge in [0, 0.05) is 6.07 Å². The topological polar surface area (TPSA) is 111 Å². The van der Waals surface area contributed by atoms with Gasteiger partial charge in [-0.25, -0.2) is 0 Å². The molecule has 0 atom stereocenters. The van der Waals surface area contributed by atoms with E-state index in [1.165, 1.54) is 18.2 Å². The van der Waals surface area contributed by atoms with Crippen molar-refractivity contribution in [3.05, 3.63) is 44.5 Å². The number of nitro groups is 2. The van der Waals surface area contributed by atoms with Gasteiger partial charge in [-0.3, -0.25) is 10.1 Å². The maximum atomic E-state index is 10.6. The van der Waals surface area contributed by atoms with Crippen LogP contribution in [0.25, 0.3) is 0 Å². The number of para-hydroxylation sites is 2. The van der Waals surface area contributed by atoms with Gasteiger partial charge in [-0.2, -0.15) is 5.43 Å². The molecule has 0 bridgehead atoms. The molecule has 0 unspecified atom stereocenters. The fraction of sp³-hybridized carbons (Fsp3) is 0.